The number of hydrogen-bond acceptors (Lipinski definition) is 7. The van der Waals surface area contributed by atoms with Crippen molar-refractivity contribution >= 4 is 27.3 Å². The predicted molar refractivity (Wildman–Crippen MR) is 121 cm³/mol. The number of hydrogen-bond donors (Lipinski definition) is 0. The molecule has 32 heavy (non-hydrogen) atoms. The Balaban J connectivity index is 1.39. The number of sulfonamides is 1. The van der Waals surface area contributed by atoms with Crippen molar-refractivity contribution in [2.24, 2.45) is 0 Å². The molecule has 0 radical (unpaired) electrons. The number of fused-ring (bicyclic) bond motifs is 1. The second-order valence-corrected chi connectivity index (χ2v) is 11.1. The highest BCUT2D eigenvalue weighted by molar-refractivity contribution is 7.91. The number of carbonyl (C=O) groups is 1. The van der Waals surface area contributed by atoms with Crippen LogP contribution in [0, 0.1) is 0 Å². The maximum absolute atomic E-state index is 13.0. The molecule has 0 aliphatic carbocycles. The van der Waals surface area contributed by atoms with Crippen LogP contribution in [-0.2, 0) is 26.0 Å². The molecule has 0 saturated carbocycles. The molecule has 1 amide bonds. The van der Waals surface area contributed by atoms with Gasteiger partial charge in [0.2, 0.25) is 5.91 Å². The standard InChI is InChI=1S/C22H28N2O6S2/c1-2-9-23(15-17-16-29-19-5-3-4-6-20(19)30-17)21(25)14-18-7-8-22(31-18)32(26,27)24-10-12-28-13-11-24/h3-8,17H,2,9-16H2,1H3. The molecule has 1 unspecified atom stereocenters. The SMILES string of the molecule is CCCN(CC1COc2ccccc2O1)C(=O)Cc1ccc(S(=O)(=O)N2CCOCC2)s1. The van der Waals surface area contributed by atoms with Crippen LogP contribution in [0.3, 0.4) is 0 Å². The Labute approximate surface area is 192 Å². The van der Waals surface area contributed by atoms with Gasteiger partial charge in [-0.05, 0) is 30.7 Å². The first-order chi connectivity index (χ1) is 15.5. The first-order valence-corrected chi connectivity index (χ1v) is 13.1. The summed E-state index contributed by atoms with van der Waals surface area (Å²) < 4.78 is 44.4. The minimum Gasteiger partial charge on any atom is -0.486 e. The van der Waals surface area contributed by atoms with E-state index in [0.717, 1.165) is 22.6 Å². The van der Waals surface area contributed by atoms with Crippen molar-refractivity contribution < 1.29 is 27.4 Å². The van der Waals surface area contributed by atoms with E-state index in [0.29, 0.717) is 57.5 Å². The van der Waals surface area contributed by atoms with Gasteiger partial charge in [0.15, 0.2) is 17.6 Å². The normalized spacial score (nSPS) is 19.0. The van der Waals surface area contributed by atoms with Crippen molar-refractivity contribution in [2.75, 3.05) is 46.0 Å². The van der Waals surface area contributed by atoms with E-state index in [1.807, 2.05) is 31.2 Å². The molecule has 2 aliphatic rings. The second-order valence-electron chi connectivity index (χ2n) is 7.75. The van der Waals surface area contributed by atoms with Gasteiger partial charge < -0.3 is 19.1 Å². The molecule has 174 valence electrons. The third kappa shape index (κ3) is 5.25. The summed E-state index contributed by atoms with van der Waals surface area (Å²) in [4.78, 5) is 15.5. The lowest BCUT2D eigenvalue weighted by molar-refractivity contribution is -0.132. The maximum Gasteiger partial charge on any atom is 0.252 e. The fraction of sp³-hybridized carbons (Fsp3) is 0.500. The average Bonchev–Trinajstić information content (AvgIpc) is 3.28. The van der Waals surface area contributed by atoms with Crippen LogP contribution in [-0.4, -0.2) is 75.6 Å². The number of rotatable bonds is 8. The van der Waals surface area contributed by atoms with Crippen molar-refractivity contribution in [1.29, 1.82) is 0 Å². The Kier molecular flexibility index (Phi) is 7.34. The van der Waals surface area contributed by atoms with Crippen LogP contribution >= 0.6 is 11.3 Å². The zero-order valence-corrected chi connectivity index (χ0v) is 19.7. The van der Waals surface area contributed by atoms with E-state index in [1.54, 1.807) is 17.0 Å². The van der Waals surface area contributed by atoms with Gasteiger partial charge in [0.25, 0.3) is 10.0 Å². The minimum absolute atomic E-state index is 0.0496. The van der Waals surface area contributed by atoms with E-state index < -0.39 is 10.0 Å². The Morgan fingerprint density at radius 2 is 1.91 bits per heavy atom. The lowest BCUT2D eigenvalue weighted by Crippen LogP contribution is -2.44. The van der Waals surface area contributed by atoms with Gasteiger partial charge in [-0.15, -0.1) is 11.3 Å². The molecule has 1 aromatic carbocycles. The Morgan fingerprint density at radius 3 is 2.66 bits per heavy atom. The highest BCUT2D eigenvalue weighted by Gasteiger charge is 2.29. The number of nitrogens with zero attached hydrogens (tertiary/aromatic N) is 2. The molecule has 0 spiro atoms. The molecule has 10 heteroatoms. The van der Waals surface area contributed by atoms with Crippen LogP contribution in [0.2, 0.25) is 0 Å². The number of para-hydroxylation sites is 2. The van der Waals surface area contributed by atoms with E-state index in [1.165, 1.54) is 4.31 Å². The van der Waals surface area contributed by atoms with E-state index in [2.05, 4.69) is 0 Å². The van der Waals surface area contributed by atoms with Crippen molar-refractivity contribution in [1.82, 2.24) is 9.21 Å². The quantitative estimate of drug-likeness (QED) is 0.577. The summed E-state index contributed by atoms with van der Waals surface area (Å²) in [6.07, 6.45) is 0.728. The third-order valence-electron chi connectivity index (χ3n) is 5.36. The fourth-order valence-electron chi connectivity index (χ4n) is 3.75. The molecule has 3 heterocycles. The zero-order valence-electron chi connectivity index (χ0n) is 18.1. The molecule has 1 fully saturated rings. The van der Waals surface area contributed by atoms with Crippen molar-refractivity contribution in [3.8, 4) is 11.5 Å². The van der Waals surface area contributed by atoms with Crippen molar-refractivity contribution in [2.45, 2.75) is 30.1 Å². The fourth-order valence-corrected chi connectivity index (χ4v) is 6.66. The van der Waals surface area contributed by atoms with E-state index in [4.69, 9.17) is 14.2 Å². The molecule has 1 saturated heterocycles. The highest BCUT2D eigenvalue weighted by atomic mass is 32.2. The molecule has 1 aromatic heterocycles. The maximum atomic E-state index is 13.0. The van der Waals surface area contributed by atoms with Gasteiger partial charge in [-0.3, -0.25) is 4.79 Å². The minimum atomic E-state index is -3.55. The van der Waals surface area contributed by atoms with E-state index >= 15 is 0 Å². The number of ether oxygens (including phenoxy) is 3. The number of carbonyl (C=O) groups excluding carboxylic acids is 1. The van der Waals surface area contributed by atoms with Crippen LogP contribution in [0.1, 0.15) is 18.2 Å². The summed E-state index contributed by atoms with van der Waals surface area (Å²) in [5, 5.41) is 0. The largest absolute Gasteiger partial charge is 0.486 e. The average molecular weight is 481 g/mol. The first kappa shape index (κ1) is 23.0. The predicted octanol–water partition coefficient (Wildman–Crippen LogP) is 2.39. The van der Waals surface area contributed by atoms with Gasteiger partial charge in [-0.25, -0.2) is 8.42 Å². The number of benzene rings is 1. The van der Waals surface area contributed by atoms with Crippen LogP contribution in [0.5, 0.6) is 11.5 Å². The number of amides is 1. The second kappa shape index (κ2) is 10.2. The molecule has 0 bridgehead atoms. The molecule has 2 aliphatic heterocycles. The van der Waals surface area contributed by atoms with Gasteiger partial charge in [0.05, 0.1) is 26.2 Å². The molecule has 4 rings (SSSR count). The summed E-state index contributed by atoms with van der Waals surface area (Å²) in [5.74, 6) is 1.35. The topological polar surface area (TPSA) is 85.4 Å². The molecule has 0 N–H and O–H groups in total. The highest BCUT2D eigenvalue weighted by Crippen LogP contribution is 2.31. The Morgan fingerprint density at radius 1 is 1.16 bits per heavy atom. The molecule has 2 aromatic rings. The van der Waals surface area contributed by atoms with Crippen molar-refractivity contribution in [3.63, 3.8) is 0 Å². The van der Waals surface area contributed by atoms with Gasteiger partial charge in [0, 0.05) is 24.5 Å². The van der Waals surface area contributed by atoms with Crippen molar-refractivity contribution in [3.05, 3.63) is 41.3 Å². The summed E-state index contributed by atoms with van der Waals surface area (Å²) in [5.41, 5.74) is 0. The molecular weight excluding hydrogens is 452 g/mol. The van der Waals surface area contributed by atoms with Crippen LogP contribution in [0.15, 0.2) is 40.6 Å². The third-order valence-corrected chi connectivity index (χ3v) is 8.82. The van der Waals surface area contributed by atoms with E-state index in [9.17, 15) is 13.2 Å². The van der Waals surface area contributed by atoms with Gasteiger partial charge in [-0.2, -0.15) is 4.31 Å². The smallest absolute Gasteiger partial charge is 0.252 e. The molecular formula is C22H28N2O6S2. The van der Waals surface area contributed by atoms with Gasteiger partial charge in [0.1, 0.15) is 10.8 Å². The lowest BCUT2D eigenvalue weighted by Gasteiger charge is -2.31. The van der Waals surface area contributed by atoms with Crippen LogP contribution in [0.4, 0.5) is 0 Å². The summed E-state index contributed by atoms with van der Waals surface area (Å²) in [6.45, 7) is 4.93. The van der Waals surface area contributed by atoms with Gasteiger partial charge >= 0.3 is 0 Å². The summed E-state index contributed by atoms with van der Waals surface area (Å²) in [7, 11) is -3.55. The van der Waals surface area contributed by atoms with E-state index in [-0.39, 0.29) is 22.6 Å². The van der Waals surface area contributed by atoms with Gasteiger partial charge in [-0.1, -0.05) is 19.1 Å². The lowest BCUT2D eigenvalue weighted by atomic mass is 10.2. The first-order valence-electron chi connectivity index (χ1n) is 10.8. The number of thiophene rings is 1. The monoisotopic (exact) mass is 480 g/mol. The number of morpholine rings is 1. The van der Waals surface area contributed by atoms with Crippen LogP contribution < -0.4 is 9.47 Å². The zero-order chi connectivity index (χ0) is 22.6. The summed E-state index contributed by atoms with van der Waals surface area (Å²) >= 11 is 1.16. The Bertz CT molecular complexity index is 1030. The Hall–Kier alpha value is -2.14. The summed E-state index contributed by atoms with van der Waals surface area (Å²) in [6, 6.07) is 10.8. The molecule has 1 atom stereocenters. The van der Waals surface area contributed by atoms with Crippen LogP contribution in [0.25, 0.3) is 0 Å². The molecule has 8 nitrogen and oxygen atoms in total.